The molecule has 4 nitrogen and oxygen atoms in total. The van der Waals surface area contributed by atoms with Crippen LogP contribution in [0.25, 0.3) is 0 Å². The molecule has 5 heteroatoms. The Labute approximate surface area is 70.7 Å². The van der Waals surface area contributed by atoms with Crippen molar-refractivity contribution in [2.75, 3.05) is 6.26 Å². The van der Waals surface area contributed by atoms with Crippen molar-refractivity contribution >= 4 is 15.5 Å². The normalized spacial score (nSPS) is 11.1. The van der Waals surface area contributed by atoms with Gasteiger partial charge in [0.2, 0.25) is 0 Å². The molecule has 0 bridgehead atoms. The molecular weight excluding hydrogens is 176 g/mol. The summed E-state index contributed by atoms with van der Waals surface area (Å²) in [6.45, 7) is 0. The molecule has 0 aliphatic carbocycles. The van der Waals surface area contributed by atoms with E-state index in [4.69, 9.17) is 5.53 Å². The topological polar surface area (TPSA) is 68.8 Å². The molecule has 0 aliphatic heterocycles. The molecule has 0 amide bonds. The highest BCUT2D eigenvalue weighted by Crippen LogP contribution is 2.14. The second-order valence-corrected chi connectivity index (χ2v) is 4.38. The van der Waals surface area contributed by atoms with Gasteiger partial charge in [0.1, 0.15) is 0 Å². The van der Waals surface area contributed by atoms with Gasteiger partial charge in [-0.1, -0.05) is 0 Å². The van der Waals surface area contributed by atoms with E-state index in [1.165, 1.54) is 24.3 Å². The first-order valence-electron chi connectivity index (χ1n) is 3.19. The molecule has 1 aromatic carbocycles. The quantitative estimate of drug-likeness (QED) is 0.641. The average Bonchev–Trinajstić information content (AvgIpc) is 2.03. The summed E-state index contributed by atoms with van der Waals surface area (Å²) in [6, 6.07) is 5.64. The number of nitrogens with zero attached hydrogens (tertiary/aromatic N) is 2. The highest BCUT2D eigenvalue weighted by atomic mass is 32.2. The van der Waals surface area contributed by atoms with Crippen LogP contribution in [0.2, 0.25) is 0 Å². The standard InChI is InChI=1S/C7H7N2O2S/c1-12(10,11)7-4-2-6(9-8)3-5-7/h2-5H,1H3. The summed E-state index contributed by atoms with van der Waals surface area (Å²) in [5.74, 6) is 0. The minimum absolute atomic E-state index is 0.218. The molecular formula is C7H7N2O2S. The van der Waals surface area contributed by atoms with E-state index in [1.807, 2.05) is 0 Å². The monoisotopic (exact) mass is 183 g/mol. The van der Waals surface area contributed by atoms with E-state index < -0.39 is 9.84 Å². The van der Waals surface area contributed by atoms with Gasteiger partial charge in [-0.05, 0) is 29.8 Å². The minimum Gasteiger partial charge on any atom is -0.224 e. The van der Waals surface area contributed by atoms with Gasteiger partial charge in [-0.2, -0.15) is 0 Å². The van der Waals surface area contributed by atoms with Crippen LogP contribution in [0.5, 0.6) is 0 Å². The van der Waals surface area contributed by atoms with E-state index in [0.717, 1.165) is 6.26 Å². The summed E-state index contributed by atoms with van der Waals surface area (Å²) in [5, 5.41) is 2.90. The molecule has 0 saturated carbocycles. The highest BCUT2D eigenvalue weighted by molar-refractivity contribution is 7.90. The van der Waals surface area contributed by atoms with Crippen LogP contribution in [0.15, 0.2) is 34.3 Å². The molecule has 1 radical (unpaired) electrons. The maximum absolute atomic E-state index is 10.9. The van der Waals surface area contributed by atoms with E-state index >= 15 is 0 Å². The minimum atomic E-state index is -3.15. The Balaban J connectivity index is 3.17. The predicted octanol–water partition coefficient (Wildman–Crippen LogP) is 0.974. The van der Waals surface area contributed by atoms with Gasteiger partial charge in [0.25, 0.3) is 0 Å². The summed E-state index contributed by atoms with van der Waals surface area (Å²) in [7, 11) is -3.15. The van der Waals surface area contributed by atoms with Gasteiger partial charge in [0, 0.05) is 6.26 Å². The second kappa shape index (κ2) is 3.02. The van der Waals surface area contributed by atoms with E-state index in [0.29, 0.717) is 5.69 Å². The Bertz CT molecular complexity index is 380. The van der Waals surface area contributed by atoms with Crippen molar-refractivity contribution in [2.24, 2.45) is 5.11 Å². The largest absolute Gasteiger partial charge is 0.224 e. The molecule has 0 spiro atoms. The zero-order valence-electron chi connectivity index (χ0n) is 6.43. The third-order valence-electron chi connectivity index (χ3n) is 1.38. The third kappa shape index (κ3) is 1.88. The Hall–Kier alpha value is -1.23. The first-order valence-corrected chi connectivity index (χ1v) is 5.08. The van der Waals surface area contributed by atoms with Crippen LogP contribution in [0, 0.1) is 0 Å². The van der Waals surface area contributed by atoms with Gasteiger partial charge in [-0.25, -0.2) is 8.42 Å². The van der Waals surface area contributed by atoms with Gasteiger partial charge in [0.15, 0.2) is 9.84 Å². The van der Waals surface area contributed by atoms with Crippen molar-refractivity contribution in [1.82, 2.24) is 5.53 Å². The first kappa shape index (κ1) is 8.86. The van der Waals surface area contributed by atoms with Crippen molar-refractivity contribution < 1.29 is 8.42 Å². The number of hydrogen-bond acceptors (Lipinski definition) is 3. The SMILES string of the molecule is CS(=O)(=O)c1ccc(N=[N])cc1. The second-order valence-electron chi connectivity index (χ2n) is 2.37. The lowest BCUT2D eigenvalue weighted by Gasteiger charge is -1.96. The summed E-state index contributed by atoms with van der Waals surface area (Å²) in [4.78, 5) is 0.218. The van der Waals surface area contributed by atoms with Gasteiger partial charge < -0.3 is 0 Å². The lowest BCUT2D eigenvalue weighted by molar-refractivity contribution is 0.602. The van der Waals surface area contributed by atoms with Crippen LogP contribution in [0.1, 0.15) is 0 Å². The van der Waals surface area contributed by atoms with Crippen molar-refractivity contribution in [3.8, 4) is 0 Å². The summed E-state index contributed by atoms with van der Waals surface area (Å²) < 4.78 is 21.9. The van der Waals surface area contributed by atoms with Gasteiger partial charge >= 0.3 is 0 Å². The van der Waals surface area contributed by atoms with Crippen LogP contribution in [0.4, 0.5) is 5.69 Å². The summed E-state index contributed by atoms with van der Waals surface area (Å²) >= 11 is 0. The molecule has 0 saturated heterocycles. The fourth-order valence-corrected chi connectivity index (χ4v) is 1.39. The smallest absolute Gasteiger partial charge is 0.175 e. The summed E-state index contributed by atoms with van der Waals surface area (Å²) in [5.41, 5.74) is 8.64. The van der Waals surface area contributed by atoms with E-state index in [-0.39, 0.29) is 4.90 Å². The van der Waals surface area contributed by atoms with Gasteiger partial charge in [-0.3, -0.25) is 0 Å². The zero-order chi connectivity index (χ0) is 9.19. The van der Waals surface area contributed by atoms with E-state index in [1.54, 1.807) is 0 Å². The van der Waals surface area contributed by atoms with Crippen LogP contribution in [-0.4, -0.2) is 14.7 Å². The van der Waals surface area contributed by atoms with Gasteiger partial charge in [0.05, 0.1) is 10.6 Å². The zero-order valence-corrected chi connectivity index (χ0v) is 7.25. The molecule has 0 atom stereocenters. The number of sulfone groups is 1. The average molecular weight is 183 g/mol. The van der Waals surface area contributed by atoms with Crippen molar-refractivity contribution in [1.29, 1.82) is 0 Å². The van der Waals surface area contributed by atoms with Crippen molar-refractivity contribution in [3.05, 3.63) is 24.3 Å². The fraction of sp³-hybridized carbons (Fsp3) is 0.143. The fourth-order valence-electron chi connectivity index (χ4n) is 0.760. The van der Waals surface area contributed by atoms with Crippen LogP contribution < -0.4 is 5.53 Å². The maximum atomic E-state index is 10.9. The molecule has 63 valence electrons. The molecule has 12 heavy (non-hydrogen) atoms. The number of rotatable bonds is 2. The van der Waals surface area contributed by atoms with Crippen LogP contribution >= 0.6 is 0 Å². The molecule has 0 unspecified atom stereocenters. The number of benzene rings is 1. The predicted molar refractivity (Wildman–Crippen MR) is 43.8 cm³/mol. The highest BCUT2D eigenvalue weighted by Gasteiger charge is 2.05. The lowest BCUT2D eigenvalue weighted by Crippen LogP contribution is -1.95. The third-order valence-corrected chi connectivity index (χ3v) is 2.51. The van der Waals surface area contributed by atoms with Crippen LogP contribution in [0.3, 0.4) is 0 Å². The van der Waals surface area contributed by atoms with Crippen molar-refractivity contribution in [2.45, 2.75) is 4.90 Å². The molecule has 0 aromatic heterocycles. The Morgan fingerprint density at radius 1 is 1.25 bits per heavy atom. The molecule has 0 N–H and O–H groups in total. The van der Waals surface area contributed by atoms with Gasteiger partial charge in [-0.15, -0.1) is 5.11 Å². The molecule has 1 aromatic rings. The Morgan fingerprint density at radius 2 is 1.75 bits per heavy atom. The molecule has 0 aliphatic rings. The van der Waals surface area contributed by atoms with E-state index in [9.17, 15) is 8.42 Å². The lowest BCUT2D eigenvalue weighted by atomic mass is 10.3. The van der Waals surface area contributed by atoms with E-state index in [2.05, 4.69) is 5.11 Å². The van der Waals surface area contributed by atoms with Crippen molar-refractivity contribution in [3.63, 3.8) is 0 Å². The summed E-state index contributed by atoms with van der Waals surface area (Å²) in [6.07, 6.45) is 1.12. The Morgan fingerprint density at radius 3 is 2.08 bits per heavy atom. The molecule has 0 fully saturated rings. The Kier molecular flexibility index (Phi) is 2.23. The first-order chi connectivity index (χ1) is 5.54. The number of hydrogen-bond donors (Lipinski definition) is 0. The molecule has 1 rings (SSSR count). The maximum Gasteiger partial charge on any atom is 0.175 e. The molecule has 0 heterocycles. The van der Waals surface area contributed by atoms with Crippen LogP contribution in [-0.2, 0) is 9.84 Å².